The average molecular weight is 813 g/mol. The Morgan fingerprint density at radius 2 is 1.57 bits per heavy atom. The number of nitrogens with zero attached hydrogens (tertiary/aromatic N) is 6. The molecule has 60 heavy (non-hydrogen) atoms. The number of nitrogens with one attached hydrogen (secondary N) is 2. The van der Waals surface area contributed by atoms with Crippen molar-refractivity contribution < 1.29 is 19.1 Å². The Balaban J connectivity index is 0.887. The Labute approximate surface area is 350 Å². The van der Waals surface area contributed by atoms with E-state index in [0.717, 1.165) is 95.9 Å². The van der Waals surface area contributed by atoms with Gasteiger partial charge in [0.25, 0.3) is 5.56 Å². The van der Waals surface area contributed by atoms with Crippen LogP contribution < -0.4 is 10.9 Å². The zero-order chi connectivity index (χ0) is 41.4. The molecule has 2 N–H and O–H groups in total. The zero-order valence-electron chi connectivity index (χ0n) is 34.8. The third-order valence-corrected chi connectivity index (χ3v) is 13.6. The number of carbonyl (C=O) groups excluding carboxylic acids is 3. The Kier molecular flexibility index (Phi) is 11.2. The van der Waals surface area contributed by atoms with E-state index in [1.807, 2.05) is 90.8 Å². The molecule has 1 atom stereocenters. The van der Waals surface area contributed by atoms with Gasteiger partial charge < -0.3 is 29.7 Å². The van der Waals surface area contributed by atoms with Crippen LogP contribution in [0.2, 0.25) is 0 Å². The fourth-order valence-electron chi connectivity index (χ4n) is 9.80. The number of pyridine rings is 1. The van der Waals surface area contributed by atoms with Gasteiger partial charge in [-0.3, -0.25) is 19.3 Å². The number of likely N-dealkylation sites (tertiary alicyclic amines) is 2. The molecule has 0 radical (unpaired) electrons. The molecule has 1 saturated carbocycles. The number of hydrogen-bond acceptors (Lipinski definition) is 8. The number of rotatable bonds is 10. The molecule has 1 aliphatic carbocycles. The third-order valence-electron chi connectivity index (χ3n) is 13.6. The molecule has 0 unspecified atom stereocenters. The standard InChI is InChI=1S/C47H56N8O5/c1-32-26-33(27-36-30-55(50-42(32)36)31-60-45(58)47(16-17-47)37-9-4-3-5-10-37)28-41(44(57)53-24-22-52(23-25-53)38-14-18-51(2)19-15-38)49-46(59)54-20-12-34(13-21-54)39-29-35-8-6-7-11-40(35)48-43(39)56/h3-11,26-27,29-30,34,38,41H,12-25,28,31H2,1-2H3,(H,48,56)(H,49,59)/t41-/m1/s1. The van der Waals surface area contributed by atoms with Crippen LogP contribution in [0, 0.1) is 6.92 Å². The second-order valence-electron chi connectivity index (χ2n) is 17.5. The van der Waals surface area contributed by atoms with Gasteiger partial charge in [-0.2, -0.15) is 5.10 Å². The largest absolute Gasteiger partial charge is 0.442 e. The molecule has 13 heteroatoms. The Bertz CT molecular complexity index is 2420. The van der Waals surface area contributed by atoms with Crippen LogP contribution in [0.15, 0.2) is 83.8 Å². The quantitative estimate of drug-likeness (QED) is 0.185. The molecule has 3 aliphatic heterocycles. The van der Waals surface area contributed by atoms with E-state index in [1.165, 1.54) is 0 Å². The molecule has 2 aromatic heterocycles. The molecule has 5 heterocycles. The molecule has 4 aliphatic rings. The minimum atomic E-state index is -0.769. The van der Waals surface area contributed by atoms with E-state index in [0.29, 0.717) is 51.5 Å². The normalized spacial score (nSPS) is 19.7. The predicted molar refractivity (Wildman–Crippen MR) is 231 cm³/mol. The number of urea groups is 1. The number of piperazine rings is 1. The van der Waals surface area contributed by atoms with Crippen LogP contribution in [-0.4, -0.2) is 124 Å². The highest BCUT2D eigenvalue weighted by Crippen LogP contribution is 2.49. The van der Waals surface area contributed by atoms with Crippen molar-refractivity contribution in [1.82, 2.24) is 39.7 Å². The first-order valence-electron chi connectivity index (χ1n) is 21.7. The lowest BCUT2D eigenvalue weighted by atomic mass is 9.89. The van der Waals surface area contributed by atoms with Gasteiger partial charge in [-0.1, -0.05) is 54.6 Å². The number of fused-ring (bicyclic) bond motifs is 2. The van der Waals surface area contributed by atoms with Crippen LogP contribution in [0.5, 0.6) is 0 Å². The van der Waals surface area contributed by atoms with Gasteiger partial charge in [0.2, 0.25) is 5.91 Å². The van der Waals surface area contributed by atoms with E-state index in [2.05, 4.69) is 27.1 Å². The molecule has 314 valence electrons. The number of benzene rings is 3. The van der Waals surface area contributed by atoms with Crippen LogP contribution >= 0.6 is 0 Å². The van der Waals surface area contributed by atoms with Gasteiger partial charge in [0.1, 0.15) is 6.04 Å². The highest BCUT2D eigenvalue weighted by Gasteiger charge is 2.52. The molecule has 4 fully saturated rings. The SMILES string of the molecule is Cc1cc(C[C@@H](NC(=O)N2CCC(c3cc4ccccc4[nH]c3=O)CC2)C(=O)N2CCN(C3CCN(C)CC3)CC2)cc2cn(COC(=O)C3(c4ccccc4)CC3)nc12. The van der Waals surface area contributed by atoms with Gasteiger partial charge in [0, 0.05) is 74.4 Å². The van der Waals surface area contributed by atoms with Crippen LogP contribution in [0.25, 0.3) is 21.8 Å². The molecule has 5 aromatic rings. The van der Waals surface area contributed by atoms with Crippen LogP contribution in [0.1, 0.15) is 66.7 Å². The number of amides is 3. The van der Waals surface area contributed by atoms with Crippen molar-refractivity contribution in [2.45, 2.75) is 82.0 Å². The van der Waals surface area contributed by atoms with Gasteiger partial charge in [0.05, 0.1) is 10.9 Å². The summed E-state index contributed by atoms with van der Waals surface area (Å²) in [4.78, 5) is 66.5. The maximum absolute atomic E-state index is 14.5. The molecule has 3 saturated heterocycles. The van der Waals surface area contributed by atoms with Gasteiger partial charge in [0.15, 0.2) is 6.73 Å². The van der Waals surface area contributed by atoms with E-state index in [9.17, 15) is 19.2 Å². The van der Waals surface area contributed by atoms with Gasteiger partial charge in [-0.25, -0.2) is 9.48 Å². The molecule has 3 amide bonds. The number of ether oxygens (including phenoxy) is 1. The number of carbonyl (C=O) groups is 3. The van der Waals surface area contributed by atoms with Crippen molar-refractivity contribution in [2.24, 2.45) is 0 Å². The molecular weight excluding hydrogens is 757 g/mol. The minimum absolute atomic E-state index is 0.00349. The molecular formula is C47H56N8O5. The van der Waals surface area contributed by atoms with Crippen LogP contribution in [-0.2, 0) is 32.9 Å². The summed E-state index contributed by atoms with van der Waals surface area (Å²) in [6.45, 7) is 8.05. The maximum atomic E-state index is 14.5. The zero-order valence-corrected chi connectivity index (χ0v) is 34.8. The van der Waals surface area contributed by atoms with Gasteiger partial charge >= 0.3 is 12.0 Å². The van der Waals surface area contributed by atoms with Crippen LogP contribution in [0.4, 0.5) is 4.79 Å². The van der Waals surface area contributed by atoms with E-state index in [-0.39, 0.29) is 36.1 Å². The highest BCUT2D eigenvalue weighted by molar-refractivity contribution is 5.89. The maximum Gasteiger partial charge on any atom is 0.318 e. The average Bonchev–Trinajstić information content (AvgIpc) is 3.99. The second kappa shape index (κ2) is 16.8. The molecule has 3 aromatic carbocycles. The number of aromatic amines is 1. The van der Waals surface area contributed by atoms with Crippen molar-refractivity contribution >= 4 is 39.7 Å². The van der Waals surface area contributed by atoms with Crippen molar-refractivity contribution in [3.05, 3.63) is 112 Å². The van der Waals surface area contributed by atoms with Crippen LogP contribution in [0.3, 0.4) is 0 Å². The van der Waals surface area contributed by atoms with E-state index in [4.69, 9.17) is 9.84 Å². The van der Waals surface area contributed by atoms with E-state index < -0.39 is 11.5 Å². The molecule has 0 spiro atoms. The van der Waals surface area contributed by atoms with Crippen molar-refractivity contribution in [1.29, 1.82) is 0 Å². The van der Waals surface area contributed by atoms with Crippen molar-refractivity contribution in [3.63, 3.8) is 0 Å². The number of hydrogen-bond donors (Lipinski definition) is 2. The lowest BCUT2D eigenvalue weighted by molar-refractivity contribution is -0.151. The lowest BCUT2D eigenvalue weighted by Crippen LogP contribution is -2.59. The number of aromatic nitrogens is 3. The van der Waals surface area contributed by atoms with Crippen molar-refractivity contribution in [2.75, 3.05) is 59.4 Å². The van der Waals surface area contributed by atoms with Gasteiger partial charge in [-0.05, 0) is 112 Å². The summed E-state index contributed by atoms with van der Waals surface area (Å²) >= 11 is 0. The molecule has 0 bridgehead atoms. The monoisotopic (exact) mass is 812 g/mol. The fraction of sp³-hybridized carbons (Fsp3) is 0.468. The number of piperidine rings is 2. The number of esters is 1. The number of H-pyrrole nitrogens is 1. The Morgan fingerprint density at radius 3 is 2.30 bits per heavy atom. The van der Waals surface area contributed by atoms with Crippen molar-refractivity contribution in [3.8, 4) is 0 Å². The minimum Gasteiger partial charge on any atom is -0.442 e. The molecule has 13 nitrogen and oxygen atoms in total. The predicted octanol–water partition coefficient (Wildman–Crippen LogP) is 5.16. The Morgan fingerprint density at radius 1 is 0.850 bits per heavy atom. The first-order chi connectivity index (χ1) is 29.1. The Hall–Kier alpha value is -5.53. The number of para-hydroxylation sites is 1. The smallest absolute Gasteiger partial charge is 0.318 e. The lowest BCUT2D eigenvalue weighted by Gasteiger charge is -2.43. The summed E-state index contributed by atoms with van der Waals surface area (Å²) in [6, 6.07) is 23.2. The number of aryl methyl sites for hydroxylation is 1. The molecule has 9 rings (SSSR count). The first-order valence-corrected chi connectivity index (χ1v) is 21.7. The fourth-order valence-corrected chi connectivity index (χ4v) is 9.80. The first kappa shape index (κ1) is 39.9. The van der Waals surface area contributed by atoms with E-state index >= 15 is 0 Å². The summed E-state index contributed by atoms with van der Waals surface area (Å²) in [5, 5.41) is 9.80. The summed E-state index contributed by atoms with van der Waals surface area (Å²) in [6.07, 6.45) is 7.35. The summed E-state index contributed by atoms with van der Waals surface area (Å²) in [5.74, 6) is -0.267. The van der Waals surface area contributed by atoms with Gasteiger partial charge in [-0.15, -0.1) is 0 Å². The highest BCUT2D eigenvalue weighted by atomic mass is 16.5. The summed E-state index contributed by atoms with van der Waals surface area (Å²) < 4.78 is 7.47. The summed E-state index contributed by atoms with van der Waals surface area (Å²) in [7, 11) is 2.17. The topological polar surface area (TPSA) is 136 Å². The summed E-state index contributed by atoms with van der Waals surface area (Å²) in [5.41, 5.74) is 4.55. The third kappa shape index (κ3) is 8.29. The second-order valence-corrected chi connectivity index (χ2v) is 17.5. The van der Waals surface area contributed by atoms with E-state index in [1.54, 1.807) is 9.58 Å².